The summed E-state index contributed by atoms with van der Waals surface area (Å²) < 4.78 is 27.5. The topological polar surface area (TPSA) is 104 Å². The number of halogens is 1. The van der Waals surface area contributed by atoms with Crippen LogP contribution in [0.1, 0.15) is 43.0 Å². The number of para-hydroxylation sites is 1. The molecule has 0 saturated heterocycles. The fourth-order valence-corrected chi connectivity index (χ4v) is 3.71. The molecule has 0 saturated carbocycles. The first kappa shape index (κ1) is 21.7. The molecule has 150 valence electrons. The number of hydrazine groups is 1. The second-order valence-electron chi connectivity index (χ2n) is 6.07. The van der Waals surface area contributed by atoms with Crippen molar-refractivity contribution in [2.75, 3.05) is 4.72 Å². The fourth-order valence-electron chi connectivity index (χ4n) is 2.35. The minimum Gasteiger partial charge on any atom is -0.278 e. The van der Waals surface area contributed by atoms with Crippen LogP contribution in [0.4, 0.5) is 5.69 Å². The molecule has 2 rings (SSSR count). The predicted molar refractivity (Wildman–Crippen MR) is 108 cm³/mol. The number of anilines is 1. The van der Waals surface area contributed by atoms with E-state index in [1.807, 2.05) is 6.92 Å². The van der Waals surface area contributed by atoms with Crippen LogP contribution in [0.2, 0.25) is 5.02 Å². The highest BCUT2D eigenvalue weighted by atomic mass is 35.5. The number of unbranched alkanes of at least 4 members (excludes halogenated alkanes) is 2. The molecule has 2 aromatic carbocycles. The first-order valence-corrected chi connectivity index (χ1v) is 10.7. The lowest BCUT2D eigenvalue weighted by atomic mass is 10.2. The number of nitrogens with one attached hydrogen (secondary N) is 3. The van der Waals surface area contributed by atoms with Crippen molar-refractivity contribution in [3.8, 4) is 0 Å². The van der Waals surface area contributed by atoms with E-state index in [0.29, 0.717) is 6.42 Å². The average Bonchev–Trinajstić information content (AvgIpc) is 2.68. The number of benzene rings is 2. The smallest absolute Gasteiger partial charge is 0.269 e. The van der Waals surface area contributed by atoms with E-state index in [1.165, 1.54) is 30.3 Å². The van der Waals surface area contributed by atoms with Gasteiger partial charge < -0.3 is 0 Å². The number of hydrogen-bond donors (Lipinski definition) is 3. The highest BCUT2D eigenvalue weighted by Crippen LogP contribution is 2.24. The summed E-state index contributed by atoms with van der Waals surface area (Å²) in [6.07, 6.45) is 2.97. The van der Waals surface area contributed by atoms with Crippen molar-refractivity contribution in [1.29, 1.82) is 0 Å². The molecule has 2 amide bonds. The van der Waals surface area contributed by atoms with Gasteiger partial charge in [0.2, 0.25) is 5.91 Å². The van der Waals surface area contributed by atoms with Crippen molar-refractivity contribution in [3.63, 3.8) is 0 Å². The zero-order chi connectivity index (χ0) is 20.6. The Balaban J connectivity index is 2.05. The quantitative estimate of drug-likeness (QED) is 0.446. The van der Waals surface area contributed by atoms with E-state index >= 15 is 0 Å². The lowest BCUT2D eigenvalue weighted by Gasteiger charge is -2.11. The molecule has 0 radical (unpaired) electrons. The first-order chi connectivity index (χ1) is 13.3. The van der Waals surface area contributed by atoms with Gasteiger partial charge in [-0.25, -0.2) is 8.42 Å². The average molecular weight is 424 g/mol. The van der Waals surface area contributed by atoms with Gasteiger partial charge in [0.15, 0.2) is 0 Å². The molecule has 9 heteroatoms. The number of carbonyl (C=O) groups is 2. The molecule has 3 N–H and O–H groups in total. The van der Waals surface area contributed by atoms with Crippen molar-refractivity contribution < 1.29 is 18.0 Å². The summed E-state index contributed by atoms with van der Waals surface area (Å²) in [5, 5.41) is 0.255. The van der Waals surface area contributed by atoms with Crippen LogP contribution in [0, 0.1) is 0 Å². The maximum absolute atomic E-state index is 12.6. The van der Waals surface area contributed by atoms with Crippen LogP contribution in [0.25, 0.3) is 0 Å². The number of sulfonamides is 1. The third-order valence-electron chi connectivity index (χ3n) is 3.85. The van der Waals surface area contributed by atoms with E-state index in [2.05, 4.69) is 15.6 Å². The third-order valence-corrected chi connectivity index (χ3v) is 5.54. The van der Waals surface area contributed by atoms with Crippen molar-refractivity contribution in [1.82, 2.24) is 10.9 Å². The fraction of sp³-hybridized carbons (Fsp3) is 0.263. The maximum atomic E-state index is 12.6. The Bertz CT molecular complexity index is 948. The summed E-state index contributed by atoms with van der Waals surface area (Å²) in [5.41, 5.74) is 4.94. The monoisotopic (exact) mass is 423 g/mol. The van der Waals surface area contributed by atoms with E-state index in [1.54, 1.807) is 18.2 Å². The SMILES string of the molecule is CCCCCC(=O)NNC(=O)c1cccc(S(=O)(=O)Nc2ccccc2Cl)c1. The molecule has 7 nitrogen and oxygen atoms in total. The van der Waals surface area contributed by atoms with Gasteiger partial charge in [0.1, 0.15) is 0 Å². The van der Waals surface area contributed by atoms with Crippen LogP contribution in [-0.4, -0.2) is 20.2 Å². The van der Waals surface area contributed by atoms with Crippen molar-refractivity contribution in [2.24, 2.45) is 0 Å². The van der Waals surface area contributed by atoms with E-state index in [0.717, 1.165) is 19.3 Å². The molecule has 0 bridgehead atoms. The third kappa shape index (κ3) is 6.24. The second kappa shape index (κ2) is 10.1. The Hall–Kier alpha value is -2.58. The van der Waals surface area contributed by atoms with Crippen molar-refractivity contribution >= 4 is 39.1 Å². The molecular weight excluding hydrogens is 402 g/mol. The molecule has 0 aliphatic carbocycles. The van der Waals surface area contributed by atoms with Gasteiger partial charge in [0.05, 0.1) is 15.6 Å². The normalized spacial score (nSPS) is 10.9. The van der Waals surface area contributed by atoms with Gasteiger partial charge in [-0.2, -0.15) is 0 Å². The molecule has 0 heterocycles. The molecule has 28 heavy (non-hydrogen) atoms. The molecule has 0 fully saturated rings. The van der Waals surface area contributed by atoms with Crippen molar-refractivity contribution in [3.05, 3.63) is 59.1 Å². The molecule has 2 aromatic rings. The van der Waals surface area contributed by atoms with Crippen LogP contribution >= 0.6 is 11.6 Å². The molecule has 0 aromatic heterocycles. The number of rotatable bonds is 8. The van der Waals surface area contributed by atoms with E-state index in [-0.39, 0.29) is 27.1 Å². The van der Waals surface area contributed by atoms with Gasteiger partial charge in [-0.05, 0) is 36.8 Å². The Morgan fingerprint density at radius 1 is 1.00 bits per heavy atom. The minimum absolute atomic E-state index is 0.0934. The standard InChI is InChI=1S/C19H22ClN3O4S/c1-2-3-4-12-18(24)21-22-19(25)14-8-7-9-15(13-14)28(26,27)23-17-11-6-5-10-16(17)20/h5-11,13,23H,2-4,12H2,1H3,(H,21,24)(H,22,25). The molecular formula is C19H22ClN3O4S. The highest BCUT2D eigenvalue weighted by molar-refractivity contribution is 7.92. The minimum atomic E-state index is -3.94. The van der Waals surface area contributed by atoms with Crippen molar-refractivity contribution in [2.45, 2.75) is 37.5 Å². The van der Waals surface area contributed by atoms with Crippen LogP contribution < -0.4 is 15.6 Å². The first-order valence-electron chi connectivity index (χ1n) is 8.80. The molecule has 0 atom stereocenters. The summed E-state index contributed by atoms with van der Waals surface area (Å²) in [4.78, 5) is 23.8. The number of hydrogen-bond acceptors (Lipinski definition) is 4. The Labute approximate surface area is 169 Å². The summed E-state index contributed by atoms with van der Waals surface area (Å²) in [6.45, 7) is 2.03. The lowest BCUT2D eigenvalue weighted by molar-refractivity contribution is -0.121. The van der Waals surface area contributed by atoms with Crippen LogP contribution in [0.15, 0.2) is 53.4 Å². The molecule has 0 spiro atoms. The molecule has 0 aliphatic rings. The van der Waals surface area contributed by atoms with Crippen LogP contribution in [0.5, 0.6) is 0 Å². The summed E-state index contributed by atoms with van der Waals surface area (Å²) in [7, 11) is -3.94. The maximum Gasteiger partial charge on any atom is 0.269 e. The van der Waals surface area contributed by atoms with Gasteiger partial charge in [0.25, 0.3) is 15.9 Å². The lowest BCUT2D eigenvalue weighted by Crippen LogP contribution is -2.41. The summed E-state index contributed by atoms with van der Waals surface area (Å²) in [6, 6.07) is 11.9. The predicted octanol–water partition coefficient (Wildman–Crippen LogP) is 3.48. The molecule has 0 unspecified atom stereocenters. The number of carbonyl (C=O) groups excluding carboxylic acids is 2. The van der Waals surface area contributed by atoms with E-state index < -0.39 is 15.9 Å². The van der Waals surface area contributed by atoms with Gasteiger partial charge in [0, 0.05) is 12.0 Å². The van der Waals surface area contributed by atoms with E-state index in [9.17, 15) is 18.0 Å². The zero-order valence-corrected chi connectivity index (χ0v) is 16.9. The van der Waals surface area contributed by atoms with Crippen LogP contribution in [0.3, 0.4) is 0 Å². The highest BCUT2D eigenvalue weighted by Gasteiger charge is 2.18. The number of amides is 2. The Morgan fingerprint density at radius 3 is 2.46 bits per heavy atom. The zero-order valence-electron chi connectivity index (χ0n) is 15.4. The van der Waals surface area contributed by atoms with Gasteiger partial charge in [-0.15, -0.1) is 0 Å². The van der Waals surface area contributed by atoms with Gasteiger partial charge >= 0.3 is 0 Å². The van der Waals surface area contributed by atoms with Crippen LogP contribution in [-0.2, 0) is 14.8 Å². The second-order valence-corrected chi connectivity index (χ2v) is 8.16. The largest absolute Gasteiger partial charge is 0.278 e. The van der Waals surface area contributed by atoms with Gasteiger partial charge in [-0.3, -0.25) is 25.2 Å². The Kier molecular flexibility index (Phi) is 7.83. The molecule has 0 aliphatic heterocycles. The summed E-state index contributed by atoms with van der Waals surface area (Å²) >= 11 is 5.98. The van der Waals surface area contributed by atoms with E-state index in [4.69, 9.17) is 11.6 Å². The Morgan fingerprint density at radius 2 is 1.75 bits per heavy atom. The summed E-state index contributed by atoms with van der Waals surface area (Å²) in [5.74, 6) is -0.912. The van der Waals surface area contributed by atoms with Gasteiger partial charge in [-0.1, -0.05) is 49.6 Å².